The number of hydrogen-bond acceptors (Lipinski definition) is 4. The number of aromatic nitrogens is 2. The minimum absolute atomic E-state index is 0.0152. The SMILES string of the molecule is CC(C)c1ccc(OCCNC(=O)C2(n3cccn3)CCNCC2)cc1. The molecule has 1 aromatic heterocycles. The zero-order valence-corrected chi connectivity index (χ0v) is 15.6. The third kappa shape index (κ3) is 4.07. The van der Waals surface area contributed by atoms with Crippen molar-refractivity contribution in [3.8, 4) is 5.75 Å². The van der Waals surface area contributed by atoms with Gasteiger partial charge in [0.1, 0.15) is 17.9 Å². The number of nitrogens with one attached hydrogen (secondary N) is 2. The van der Waals surface area contributed by atoms with Crippen molar-refractivity contribution in [1.82, 2.24) is 20.4 Å². The molecule has 1 fully saturated rings. The molecule has 1 aliphatic rings. The van der Waals surface area contributed by atoms with Crippen molar-refractivity contribution in [3.05, 3.63) is 48.3 Å². The summed E-state index contributed by atoms with van der Waals surface area (Å²) in [5.41, 5.74) is 0.686. The van der Waals surface area contributed by atoms with E-state index in [1.807, 2.05) is 24.4 Å². The molecule has 0 bridgehead atoms. The monoisotopic (exact) mass is 356 g/mol. The Balaban J connectivity index is 1.52. The van der Waals surface area contributed by atoms with Crippen LogP contribution in [0.1, 0.15) is 38.2 Å². The lowest BCUT2D eigenvalue weighted by atomic mass is 9.87. The number of ether oxygens (including phenoxy) is 1. The molecule has 1 aromatic carbocycles. The average Bonchev–Trinajstić information content (AvgIpc) is 3.21. The van der Waals surface area contributed by atoms with Gasteiger partial charge in [0, 0.05) is 12.4 Å². The Kier molecular flexibility index (Phi) is 5.93. The highest BCUT2D eigenvalue weighted by atomic mass is 16.5. The minimum atomic E-state index is -0.604. The number of hydrogen-bond donors (Lipinski definition) is 2. The Hall–Kier alpha value is -2.34. The van der Waals surface area contributed by atoms with Gasteiger partial charge in [-0.2, -0.15) is 5.10 Å². The van der Waals surface area contributed by atoms with E-state index in [9.17, 15) is 4.79 Å². The Morgan fingerprint density at radius 3 is 2.65 bits per heavy atom. The number of carbonyl (C=O) groups excluding carboxylic acids is 1. The molecule has 0 radical (unpaired) electrons. The lowest BCUT2D eigenvalue weighted by Gasteiger charge is -2.36. The average molecular weight is 356 g/mol. The van der Waals surface area contributed by atoms with Crippen LogP contribution in [0, 0.1) is 0 Å². The van der Waals surface area contributed by atoms with Crippen molar-refractivity contribution >= 4 is 5.91 Å². The second-order valence-corrected chi connectivity index (χ2v) is 7.06. The maximum absolute atomic E-state index is 12.9. The van der Waals surface area contributed by atoms with Gasteiger partial charge in [0.25, 0.3) is 0 Å². The second-order valence-electron chi connectivity index (χ2n) is 7.06. The number of nitrogens with zero attached hydrogens (tertiary/aromatic N) is 2. The number of rotatable bonds is 7. The van der Waals surface area contributed by atoms with Crippen molar-refractivity contribution in [1.29, 1.82) is 0 Å². The highest BCUT2D eigenvalue weighted by Crippen LogP contribution is 2.27. The van der Waals surface area contributed by atoms with E-state index in [0.717, 1.165) is 31.7 Å². The van der Waals surface area contributed by atoms with Gasteiger partial charge in [-0.1, -0.05) is 26.0 Å². The van der Waals surface area contributed by atoms with Crippen LogP contribution in [-0.2, 0) is 10.3 Å². The number of benzene rings is 1. The standard InChI is InChI=1S/C20H28N4O2/c1-16(2)17-4-6-18(7-5-17)26-15-13-22-19(25)20(8-11-21-12-9-20)24-14-3-10-23-24/h3-7,10,14,16,21H,8-9,11-13,15H2,1-2H3,(H,22,25). The van der Waals surface area contributed by atoms with E-state index in [1.54, 1.807) is 10.9 Å². The van der Waals surface area contributed by atoms with Crippen LogP contribution in [0.5, 0.6) is 5.75 Å². The molecule has 6 nitrogen and oxygen atoms in total. The summed E-state index contributed by atoms with van der Waals surface area (Å²) >= 11 is 0. The minimum Gasteiger partial charge on any atom is -0.492 e. The molecule has 1 saturated heterocycles. The predicted molar refractivity (Wildman–Crippen MR) is 101 cm³/mol. The van der Waals surface area contributed by atoms with Crippen LogP contribution in [-0.4, -0.2) is 41.9 Å². The summed E-state index contributed by atoms with van der Waals surface area (Å²) in [4.78, 5) is 12.9. The van der Waals surface area contributed by atoms with Crippen LogP contribution in [0.15, 0.2) is 42.7 Å². The van der Waals surface area contributed by atoms with E-state index in [4.69, 9.17) is 4.74 Å². The molecular weight excluding hydrogens is 328 g/mol. The van der Waals surface area contributed by atoms with Gasteiger partial charge in [-0.25, -0.2) is 0 Å². The third-order valence-electron chi connectivity index (χ3n) is 5.00. The molecule has 2 N–H and O–H groups in total. The molecule has 26 heavy (non-hydrogen) atoms. The fourth-order valence-corrected chi connectivity index (χ4v) is 3.37. The van der Waals surface area contributed by atoms with E-state index in [2.05, 4.69) is 41.7 Å². The van der Waals surface area contributed by atoms with Crippen LogP contribution in [0.2, 0.25) is 0 Å². The smallest absolute Gasteiger partial charge is 0.248 e. The Labute approximate surface area is 154 Å². The summed E-state index contributed by atoms with van der Waals surface area (Å²) in [6.07, 6.45) is 5.06. The van der Waals surface area contributed by atoms with Crippen molar-refractivity contribution < 1.29 is 9.53 Å². The number of amides is 1. The summed E-state index contributed by atoms with van der Waals surface area (Å²) < 4.78 is 7.55. The summed E-state index contributed by atoms with van der Waals surface area (Å²) in [5.74, 6) is 1.35. The van der Waals surface area contributed by atoms with E-state index < -0.39 is 5.54 Å². The summed E-state index contributed by atoms with van der Waals surface area (Å²) in [6, 6.07) is 9.99. The Morgan fingerprint density at radius 1 is 1.31 bits per heavy atom. The lowest BCUT2D eigenvalue weighted by molar-refractivity contribution is -0.132. The molecule has 3 rings (SSSR count). The van der Waals surface area contributed by atoms with Crippen LogP contribution in [0.25, 0.3) is 0 Å². The molecular formula is C20H28N4O2. The molecule has 0 saturated carbocycles. The summed E-state index contributed by atoms with van der Waals surface area (Å²) in [6.45, 7) is 6.88. The summed E-state index contributed by atoms with van der Waals surface area (Å²) in [7, 11) is 0. The van der Waals surface area contributed by atoms with Crippen LogP contribution in [0.4, 0.5) is 0 Å². The van der Waals surface area contributed by atoms with Gasteiger partial charge < -0.3 is 15.4 Å². The van der Waals surface area contributed by atoms with Gasteiger partial charge in [-0.3, -0.25) is 9.48 Å². The maximum Gasteiger partial charge on any atom is 0.248 e. The fourth-order valence-electron chi connectivity index (χ4n) is 3.37. The van der Waals surface area contributed by atoms with Gasteiger partial charge in [0.15, 0.2) is 0 Å². The first-order valence-electron chi connectivity index (χ1n) is 9.34. The first-order valence-corrected chi connectivity index (χ1v) is 9.34. The van der Waals surface area contributed by atoms with E-state index in [1.165, 1.54) is 5.56 Å². The van der Waals surface area contributed by atoms with Crippen molar-refractivity contribution in [2.75, 3.05) is 26.2 Å². The molecule has 0 aliphatic carbocycles. The third-order valence-corrected chi connectivity index (χ3v) is 5.00. The second kappa shape index (κ2) is 8.36. The van der Waals surface area contributed by atoms with Crippen molar-refractivity contribution in [3.63, 3.8) is 0 Å². The van der Waals surface area contributed by atoms with E-state index >= 15 is 0 Å². The van der Waals surface area contributed by atoms with Gasteiger partial charge in [-0.05, 0) is 55.6 Å². The van der Waals surface area contributed by atoms with Crippen molar-refractivity contribution in [2.24, 2.45) is 0 Å². The first-order chi connectivity index (χ1) is 12.6. The van der Waals surface area contributed by atoms with Crippen LogP contribution < -0.4 is 15.4 Å². The lowest BCUT2D eigenvalue weighted by Crippen LogP contribution is -2.55. The van der Waals surface area contributed by atoms with Gasteiger partial charge in [-0.15, -0.1) is 0 Å². The largest absolute Gasteiger partial charge is 0.492 e. The van der Waals surface area contributed by atoms with Crippen LogP contribution in [0.3, 0.4) is 0 Å². The number of carbonyl (C=O) groups is 1. The molecule has 140 valence electrons. The quantitative estimate of drug-likeness (QED) is 0.747. The topological polar surface area (TPSA) is 68.2 Å². The Morgan fingerprint density at radius 2 is 2.04 bits per heavy atom. The highest BCUT2D eigenvalue weighted by molar-refractivity contribution is 5.84. The zero-order valence-electron chi connectivity index (χ0n) is 15.6. The molecule has 0 spiro atoms. The van der Waals surface area contributed by atoms with E-state index in [0.29, 0.717) is 19.1 Å². The molecule has 1 aliphatic heterocycles. The normalized spacial score (nSPS) is 16.4. The van der Waals surface area contributed by atoms with E-state index in [-0.39, 0.29) is 5.91 Å². The molecule has 2 heterocycles. The van der Waals surface area contributed by atoms with Crippen molar-refractivity contribution in [2.45, 2.75) is 38.1 Å². The van der Waals surface area contributed by atoms with Gasteiger partial charge >= 0.3 is 0 Å². The van der Waals surface area contributed by atoms with Gasteiger partial charge in [0.05, 0.1) is 6.54 Å². The maximum atomic E-state index is 12.9. The number of piperidine rings is 1. The van der Waals surface area contributed by atoms with Gasteiger partial charge in [0.2, 0.25) is 5.91 Å². The molecule has 1 amide bonds. The molecule has 2 aromatic rings. The predicted octanol–water partition coefficient (Wildman–Crippen LogP) is 2.28. The Bertz CT molecular complexity index is 689. The zero-order chi connectivity index (χ0) is 18.4. The molecule has 0 unspecified atom stereocenters. The highest BCUT2D eigenvalue weighted by Gasteiger charge is 2.41. The first kappa shape index (κ1) is 18.5. The fraction of sp³-hybridized carbons (Fsp3) is 0.500. The molecule has 6 heteroatoms. The van der Waals surface area contributed by atoms with Crippen LogP contribution >= 0.6 is 0 Å². The molecule has 0 atom stereocenters. The summed E-state index contributed by atoms with van der Waals surface area (Å²) in [5, 5.41) is 10.7.